The third kappa shape index (κ3) is 3.74. The topological polar surface area (TPSA) is 75.5 Å². The number of carbonyl (C=O) groups is 1. The summed E-state index contributed by atoms with van der Waals surface area (Å²) in [6, 6.07) is 6.46. The van der Waals surface area contributed by atoms with Crippen LogP contribution >= 0.6 is 11.8 Å². The number of hydrogen-bond acceptors (Lipinski definition) is 5. The van der Waals surface area contributed by atoms with E-state index in [0.717, 1.165) is 11.3 Å². The van der Waals surface area contributed by atoms with Gasteiger partial charge in [0.1, 0.15) is 6.17 Å². The Morgan fingerprint density at radius 3 is 3.00 bits per heavy atom. The van der Waals surface area contributed by atoms with E-state index in [4.69, 9.17) is 0 Å². The summed E-state index contributed by atoms with van der Waals surface area (Å²) in [6.45, 7) is 3.03. The normalized spacial score (nSPS) is 19.8. The van der Waals surface area contributed by atoms with E-state index >= 15 is 0 Å². The highest BCUT2D eigenvalue weighted by Gasteiger charge is 2.32. The van der Waals surface area contributed by atoms with Crippen LogP contribution in [0, 0.1) is 16.0 Å². The summed E-state index contributed by atoms with van der Waals surface area (Å²) in [6.07, 6.45) is 1.76. The fourth-order valence-electron chi connectivity index (χ4n) is 2.53. The van der Waals surface area contributed by atoms with Crippen LogP contribution in [0.1, 0.15) is 18.7 Å². The Morgan fingerprint density at radius 2 is 2.33 bits per heavy atom. The molecule has 7 heteroatoms. The number of thioether (sulfide) groups is 1. The molecule has 0 spiro atoms. The van der Waals surface area contributed by atoms with Crippen molar-refractivity contribution in [2.75, 3.05) is 25.1 Å². The molecular weight excluding hydrogens is 290 g/mol. The van der Waals surface area contributed by atoms with Gasteiger partial charge in [0.2, 0.25) is 5.91 Å². The van der Waals surface area contributed by atoms with Crippen LogP contribution in [0.2, 0.25) is 0 Å². The average Bonchev–Trinajstić information content (AvgIpc) is 2.81. The maximum absolute atomic E-state index is 12.0. The number of non-ortho nitro benzene ring substituents is 1. The molecule has 1 aromatic rings. The molecule has 0 aromatic heterocycles. The lowest BCUT2D eigenvalue weighted by Gasteiger charge is -2.27. The molecule has 21 heavy (non-hydrogen) atoms. The van der Waals surface area contributed by atoms with Gasteiger partial charge in [-0.2, -0.15) is 11.8 Å². The van der Waals surface area contributed by atoms with E-state index in [0.29, 0.717) is 12.5 Å². The lowest BCUT2D eigenvalue weighted by Crippen LogP contribution is -2.34. The average molecular weight is 309 g/mol. The molecule has 6 nitrogen and oxygen atoms in total. The summed E-state index contributed by atoms with van der Waals surface area (Å²) in [4.78, 5) is 24.3. The highest BCUT2D eigenvalue weighted by atomic mass is 32.2. The number of amides is 1. The molecule has 0 saturated carbocycles. The van der Waals surface area contributed by atoms with Gasteiger partial charge in [0.15, 0.2) is 0 Å². The Hall–Kier alpha value is -1.60. The van der Waals surface area contributed by atoms with Gasteiger partial charge in [-0.05, 0) is 23.5 Å². The van der Waals surface area contributed by atoms with Gasteiger partial charge in [-0.25, -0.2) is 0 Å². The van der Waals surface area contributed by atoms with E-state index in [2.05, 4.69) is 12.2 Å². The van der Waals surface area contributed by atoms with Gasteiger partial charge in [0, 0.05) is 18.7 Å². The van der Waals surface area contributed by atoms with Crippen LogP contribution in [-0.4, -0.2) is 40.8 Å². The summed E-state index contributed by atoms with van der Waals surface area (Å²) in [5, 5.41) is 14.0. The number of benzene rings is 1. The van der Waals surface area contributed by atoms with Gasteiger partial charge < -0.3 is 4.90 Å². The van der Waals surface area contributed by atoms with Crippen LogP contribution < -0.4 is 5.32 Å². The Bertz CT molecular complexity index is 538. The van der Waals surface area contributed by atoms with Crippen molar-refractivity contribution < 1.29 is 9.72 Å². The Labute approximate surface area is 128 Å². The predicted molar refractivity (Wildman–Crippen MR) is 83.1 cm³/mol. The molecule has 2 unspecified atom stereocenters. The van der Waals surface area contributed by atoms with Crippen LogP contribution in [0.3, 0.4) is 0 Å². The SMILES string of the molecule is CSCC(C)CN1C(=O)CNC1c1cccc([N+](=O)[O-])c1. The summed E-state index contributed by atoms with van der Waals surface area (Å²) in [5.41, 5.74) is 0.803. The number of hydrogen-bond donors (Lipinski definition) is 1. The first-order valence-electron chi connectivity index (χ1n) is 6.79. The fourth-order valence-corrected chi connectivity index (χ4v) is 3.20. The van der Waals surface area contributed by atoms with Crippen molar-refractivity contribution in [2.45, 2.75) is 13.1 Å². The van der Waals surface area contributed by atoms with E-state index in [1.807, 2.05) is 12.3 Å². The van der Waals surface area contributed by atoms with Crippen LogP contribution in [0.15, 0.2) is 24.3 Å². The van der Waals surface area contributed by atoms with E-state index in [1.54, 1.807) is 22.7 Å². The standard InChI is InChI=1S/C14H19N3O3S/c1-10(9-21-2)8-16-13(18)7-15-14(16)11-4-3-5-12(6-11)17(19)20/h3-6,10,14-15H,7-9H2,1-2H3. The largest absolute Gasteiger partial charge is 0.322 e. The van der Waals surface area contributed by atoms with E-state index in [1.165, 1.54) is 12.1 Å². The van der Waals surface area contributed by atoms with Gasteiger partial charge in [0.25, 0.3) is 5.69 Å². The van der Waals surface area contributed by atoms with Gasteiger partial charge in [0.05, 0.1) is 11.5 Å². The maximum atomic E-state index is 12.0. The molecule has 0 radical (unpaired) electrons. The summed E-state index contributed by atoms with van der Waals surface area (Å²) < 4.78 is 0. The van der Waals surface area contributed by atoms with Crippen LogP contribution in [0.5, 0.6) is 0 Å². The predicted octanol–water partition coefficient (Wildman–Crippen LogP) is 2.02. The minimum atomic E-state index is -0.416. The van der Waals surface area contributed by atoms with E-state index < -0.39 is 4.92 Å². The molecule has 0 bridgehead atoms. The molecule has 1 fully saturated rings. The number of nitrogens with one attached hydrogen (secondary N) is 1. The molecule has 0 aliphatic carbocycles. The Kier molecular flexibility index (Phi) is 5.19. The minimum Gasteiger partial charge on any atom is -0.322 e. The van der Waals surface area contributed by atoms with Crippen molar-refractivity contribution in [3.8, 4) is 0 Å². The van der Waals surface area contributed by atoms with Crippen molar-refractivity contribution in [3.05, 3.63) is 39.9 Å². The molecule has 1 N–H and O–H groups in total. The molecule has 2 rings (SSSR count). The first-order valence-corrected chi connectivity index (χ1v) is 8.18. The zero-order valence-corrected chi connectivity index (χ0v) is 12.9. The highest BCUT2D eigenvalue weighted by molar-refractivity contribution is 7.98. The third-order valence-corrected chi connectivity index (χ3v) is 4.34. The van der Waals surface area contributed by atoms with Crippen molar-refractivity contribution in [2.24, 2.45) is 5.92 Å². The number of rotatable bonds is 6. The quantitative estimate of drug-likeness (QED) is 0.643. The molecule has 1 aliphatic rings. The van der Waals surface area contributed by atoms with E-state index in [-0.39, 0.29) is 24.3 Å². The molecule has 1 amide bonds. The van der Waals surface area contributed by atoms with Crippen molar-refractivity contribution in [1.82, 2.24) is 10.2 Å². The van der Waals surface area contributed by atoms with Crippen molar-refractivity contribution in [3.63, 3.8) is 0 Å². The smallest absolute Gasteiger partial charge is 0.269 e. The van der Waals surface area contributed by atoms with Crippen LogP contribution in [-0.2, 0) is 4.79 Å². The monoisotopic (exact) mass is 309 g/mol. The highest BCUT2D eigenvalue weighted by Crippen LogP contribution is 2.26. The molecule has 2 atom stereocenters. The number of nitro groups is 1. The number of carbonyl (C=O) groups excluding carboxylic acids is 1. The molecule has 114 valence electrons. The lowest BCUT2D eigenvalue weighted by atomic mass is 10.1. The minimum absolute atomic E-state index is 0.0412. The lowest BCUT2D eigenvalue weighted by molar-refractivity contribution is -0.385. The maximum Gasteiger partial charge on any atom is 0.269 e. The molecule has 1 heterocycles. The van der Waals surface area contributed by atoms with Crippen molar-refractivity contribution in [1.29, 1.82) is 0 Å². The number of nitro benzene ring substituents is 1. The van der Waals surface area contributed by atoms with E-state index in [9.17, 15) is 14.9 Å². The summed E-state index contributed by atoms with van der Waals surface area (Å²) in [5.74, 6) is 1.40. The third-order valence-electron chi connectivity index (χ3n) is 3.43. The second kappa shape index (κ2) is 6.91. The molecule has 1 aromatic carbocycles. The Balaban J connectivity index is 2.19. The Morgan fingerprint density at radius 1 is 1.57 bits per heavy atom. The zero-order valence-electron chi connectivity index (χ0n) is 12.1. The summed E-state index contributed by atoms with van der Waals surface area (Å²) >= 11 is 1.75. The zero-order chi connectivity index (χ0) is 15.4. The molecular formula is C14H19N3O3S. The first-order chi connectivity index (χ1) is 10.0. The van der Waals surface area contributed by atoms with Gasteiger partial charge in [-0.15, -0.1) is 0 Å². The van der Waals surface area contributed by atoms with Crippen molar-refractivity contribution >= 4 is 23.4 Å². The second-order valence-corrected chi connectivity index (χ2v) is 6.15. The van der Waals surface area contributed by atoms with Crippen LogP contribution in [0.25, 0.3) is 0 Å². The second-order valence-electron chi connectivity index (χ2n) is 5.24. The van der Waals surface area contributed by atoms with Gasteiger partial charge in [-0.3, -0.25) is 20.2 Å². The van der Waals surface area contributed by atoms with Gasteiger partial charge in [-0.1, -0.05) is 19.1 Å². The molecule has 1 saturated heterocycles. The van der Waals surface area contributed by atoms with Crippen LogP contribution in [0.4, 0.5) is 5.69 Å². The first kappa shape index (κ1) is 15.8. The van der Waals surface area contributed by atoms with Gasteiger partial charge >= 0.3 is 0 Å². The summed E-state index contributed by atoms with van der Waals surface area (Å²) in [7, 11) is 0. The molecule has 1 aliphatic heterocycles. The fraction of sp³-hybridized carbons (Fsp3) is 0.500. The number of nitrogens with zero attached hydrogens (tertiary/aromatic N) is 2.